The van der Waals surface area contributed by atoms with Crippen LogP contribution in [0.5, 0.6) is 0 Å². The molecule has 146 valence electrons. The second-order valence-electron chi connectivity index (χ2n) is 6.94. The van der Waals surface area contributed by atoms with Crippen molar-refractivity contribution in [3.63, 3.8) is 0 Å². The first kappa shape index (κ1) is 20.1. The van der Waals surface area contributed by atoms with E-state index in [1.165, 1.54) is 0 Å². The van der Waals surface area contributed by atoms with Gasteiger partial charge in [0.25, 0.3) is 0 Å². The molecule has 3 atom stereocenters. The van der Waals surface area contributed by atoms with Gasteiger partial charge in [0.1, 0.15) is 6.07 Å². The predicted octanol–water partition coefficient (Wildman–Crippen LogP) is 3.59. The van der Waals surface area contributed by atoms with Gasteiger partial charge in [-0.05, 0) is 45.0 Å². The molecule has 0 bridgehead atoms. The highest BCUT2D eigenvalue weighted by Crippen LogP contribution is 2.24. The van der Waals surface area contributed by atoms with Gasteiger partial charge in [-0.15, -0.1) is 0 Å². The third kappa shape index (κ3) is 4.60. The second-order valence-corrected chi connectivity index (χ2v) is 7.35. The molecule has 8 heteroatoms. The minimum absolute atomic E-state index is 0.0334. The predicted molar refractivity (Wildman–Crippen MR) is 108 cm³/mol. The summed E-state index contributed by atoms with van der Waals surface area (Å²) < 4.78 is 1.87. The van der Waals surface area contributed by atoms with Crippen LogP contribution >= 0.6 is 11.6 Å². The van der Waals surface area contributed by atoms with Crippen LogP contribution in [0.4, 0.5) is 0 Å². The molecule has 0 aliphatic rings. The van der Waals surface area contributed by atoms with Gasteiger partial charge in [0.2, 0.25) is 0 Å². The van der Waals surface area contributed by atoms with Gasteiger partial charge in [0.15, 0.2) is 0 Å². The van der Waals surface area contributed by atoms with E-state index in [1.54, 1.807) is 19.1 Å². The zero-order valence-electron chi connectivity index (χ0n) is 16.0. The van der Waals surface area contributed by atoms with Crippen LogP contribution in [0.2, 0.25) is 5.02 Å². The molecule has 7 nitrogen and oxygen atoms in total. The largest absolute Gasteiger partial charge is 0.387 e. The van der Waals surface area contributed by atoms with E-state index in [4.69, 9.17) is 16.9 Å². The Kier molecular flexibility index (Phi) is 6.15. The first-order chi connectivity index (χ1) is 13.4. The number of aromatic nitrogens is 4. The molecular weight excluding hydrogens is 376 g/mol. The minimum Gasteiger partial charge on any atom is -0.387 e. The quantitative estimate of drug-likeness (QED) is 0.564. The number of aromatic amines is 1. The molecule has 2 heterocycles. The third-order valence-corrected chi connectivity index (χ3v) is 4.85. The molecule has 28 heavy (non-hydrogen) atoms. The molecule has 3 N–H and O–H groups in total. The zero-order chi connectivity index (χ0) is 20.3. The summed E-state index contributed by atoms with van der Waals surface area (Å²) in [6.07, 6.45) is 1.36. The molecule has 0 aliphatic heterocycles. The van der Waals surface area contributed by atoms with Crippen LogP contribution in [0.1, 0.15) is 49.9 Å². The lowest BCUT2D eigenvalue weighted by molar-refractivity contribution is 0.194. The Balaban J connectivity index is 1.62. The molecule has 0 amide bonds. The van der Waals surface area contributed by atoms with Gasteiger partial charge < -0.3 is 10.4 Å². The molecule has 1 unspecified atom stereocenters. The van der Waals surface area contributed by atoms with Crippen molar-refractivity contribution in [1.29, 1.82) is 5.26 Å². The van der Waals surface area contributed by atoms with Gasteiger partial charge in [-0.25, -0.2) is 0 Å². The molecule has 0 fully saturated rings. The molecular formula is C20H23ClN6O. The summed E-state index contributed by atoms with van der Waals surface area (Å²) in [6, 6.07) is 11.3. The summed E-state index contributed by atoms with van der Waals surface area (Å²) in [5, 5.41) is 34.2. The maximum Gasteiger partial charge on any atom is 0.101 e. The van der Waals surface area contributed by atoms with E-state index < -0.39 is 6.10 Å². The fourth-order valence-corrected chi connectivity index (χ4v) is 3.24. The average molecular weight is 399 g/mol. The van der Waals surface area contributed by atoms with Crippen molar-refractivity contribution in [2.45, 2.75) is 45.5 Å². The maximum atomic E-state index is 9.61. The number of nitriles is 1. The van der Waals surface area contributed by atoms with E-state index >= 15 is 0 Å². The van der Waals surface area contributed by atoms with Crippen LogP contribution in [-0.4, -0.2) is 31.1 Å². The van der Waals surface area contributed by atoms with E-state index in [2.05, 4.69) is 33.6 Å². The van der Waals surface area contributed by atoms with Gasteiger partial charge in [-0.1, -0.05) is 17.7 Å². The highest BCUT2D eigenvalue weighted by Gasteiger charge is 2.15. The van der Waals surface area contributed by atoms with E-state index in [0.717, 1.165) is 17.0 Å². The van der Waals surface area contributed by atoms with Crippen molar-refractivity contribution in [1.82, 2.24) is 25.3 Å². The Morgan fingerprint density at radius 3 is 2.71 bits per heavy atom. The lowest BCUT2D eigenvalue weighted by Gasteiger charge is -2.18. The van der Waals surface area contributed by atoms with Crippen molar-refractivity contribution in [2.24, 2.45) is 0 Å². The first-order valence-electron chi connectivity index (χ1n) is 9.10. The fraction of sp³-hybridized carbons (Fsp3) is 0.350. The average Bonchev–Trinajstić information content (AvgIpc) is 3.31. The van der Waals surface area contributed by atoms with Gasteiger partial charge in [0, 0.05) is 23.8 Å². The number of hydrogen-bond acceptors (Lipinski definition) is 5. The highest BCUT2D eigenvalue weighted by atomic mass is 35.5. The van der Waals surface area contributed by atoms with Crippen molar-refractivity contribution in [2.75, 3.05) is 0 Å². The topological polar surface area (TPSA) is 103 Å². The van der Waals surface area contributed by atoms with E-state index in [9.17, 15) is 5.11 Å². The zero-order valence-corrected chi connectivity index (χ0v) is 16.8. The van der Waals surface area contributed by atoms with Crippen molar-refractivity contribution < 1.29 is 5.11 Å². The lowest BCUT2D eigenvalue weighted by atomic mass is 10.1. The Bertz CT molecular complexity index is 987. The number of halogens is 1. The monoisotopic (exact) mass is 398 g/mol. The maximum absolute atomic E-state index is 9.61. The van der Waals surface area contributed by atoms with Crippen LogP contribution in [0.25, 0.3) is 11.3 Å². The van der Waals surface area contributed by atoms with E-state index in [1.807, 2.05) is 36.0 Å². The Hall–Kier alpha value is -2.66. The molecule has 0 aliphatic carbocycles. The van der Waals surface area contributed by atoms with Crippen LogP contribution in [0.15, 0.2) is 36.5 Å². The fourth-order valence-electron chi connectivity index (χ4n) is 3.02. The number of hydrogen-bond donors (Lipinski definition) is 3. The molecule has 2 aromatic heterocycles. The van der Waals surface area contributed by atoms with Crippen molar-refractivity contribution in [3.05, 3.63) is 58.5 Å². The van der Waals surface area contributed by atoms with E-state index in [-0.39, 0.29) is 12.1 Å². The first-order valence-corrected chi connectivity index (χ1v) is 9.48. The normalized spacial score (nSPS) is 14.4. The van der Waals surface area contributed by atoms with E-state index in [0.29, 0.717) is 22.8 Å². The number of rotatable bonds is 7. The number of H-pyrrole nitrogens is 1. The number of nitrogens with one attached hydrogen (secondary N) is 2. The highest BCUT2D eigenvalue weighted by molar-refractivity contribution is 6.32. The standard InChI is InChI=1S/C20H23ClN6O/c1-12(23-13(2)19-9-20(14(3)28)25-24-19)11-27-7-6-18(26-27)15-4-5-16(10-22)17(21)8-15/h4-9,12-14,23,28H,11H2,1-3H3,(H,24,25)/t12-,13?,14-/m0/s1. The minimum atomic E-state index is -0.566. The van der Waals surface area contributed by atoms with Gasteiger partial charge in [-0.3, -0.25) is 9.78 Å². The Labute approximate surface area is 169 Å². The second kappa shape index (κ2) is 8.57. The van der Waals surface area contributed by atoms with Crippen LogP contribution in [-0.2, 0) is 6.54 Å². The molecule has 1 aromatic carbocycles. The molecule has 0 saturated heterocycles. The summed E-state index contributed by atoms with van der Waals surface area (Å²) in [7, 11) is 0. The lowest BCUT2D eigenvalue weighted by Crippen LogP contribution is -2.33. The summed E-state index contributed by atoms with van der Waals surface area (Å²) in [5.74, 6) is 0. The smallest absolute Gasteiger partial charge is 0.101 e. The summed E-state index contributed by atoms with van der Waals surface area (Å²) in [5.41, 5.74) is 3.69. The number of benzene rings is 1. The molecule has 0 radical (unpaired) electrons. The SMILES string of the molecule is CC(N[C@@H](C)Cn1ccc(-c2ccc(C#N)c(Cl)c2)n1)c1cc([C@H](C)O)[nH]n1. The van der Waals surface area contributed by atoms with Gasteiger partial charge in [0.05, 0.1) is 40.3 Å². The summed E-state index contributed by atoms with van der Waals surface area (Å²) in [4.78, 5) is 0. The number of aliphatic hydroxyl groups is 1. The summed E-state index contributed by atoms with van der Waals surface area (Å²) in [6.45, 7) is 6.50. The molecule has 0 spiro atoms. The number of nitrogens with zero attached hydrogens (tertiary/aromatic N) is 4. The Morgan fingerprint density at radius 2 is 2.07 bits per heavy atom. The van der Waals surface area contributed by atoms with Crippen molar-refractivity contribution in [3.8, 4) is 17.3 Å². The molecule has 3 rings (SSSR count). The van der Waals surface area contributed by atoms with Crippen molar-refractivity contribution >= 4 is 11.6 Å². The summed E-state index contributed by atoms with van der Waals surface area (Å²) >= 11 is 6.12. The molecule has 3 aromatic rings. The number of aliphatic hydroxyl groups excluding tert-OH is 1. The Morgan fingerprint density at radius 1 is 1.29 bits per heavy atom. The van der Waals surface area contributed by atoms with Crippen LogP contribution < -0.4 is 5.32 Å². The molecule has 0 saturated carbocycles. The third-order valence-electron chi connectivity index (χ3n) is 4.53. The van der Waals surface area contributed by atoms with Crippen LogP contribution in [0.3, 0.4) is 0 Å². The van der Waals surface area contributed by atoms with Gasteiger partial charge in [-0.2, -0.15) is 15.5 Å². The van der Waals surface area contributed by atoms with Crippen LogP contribution in [0, 0.1) is 11.3 Å². The van der Waals surface area contributed by atoms with Gasteiger partial charge >= 0.3 is 0 Å².